The number of aryl methyl sites for hydroxylation is 4. The van der Waals surface area contributed by atoms with Crippen molar-refractivity contribution >= 4 is 79.0 Å². The number of rotatable bonds is 26. The van der Waals surface area contributed by atoms with E-state index in [9.17, 15) is 0 Å². The normalized spacial score (nSPS) is 10.5. The van der Waals surface area contributed by atoms with E-state index in [0.717, 1.165) is 151 Å². The number of nitrogens with zero attached hydrogens (tertiary/aromatic N) is 6. The maximum atomic E-state index is 6.50. The number of aromatic nitrogens is 6. The Morgan fingerprint density at radius 3 is 1.04 bits per heavy atom. The molecule has 0 spiro atoms. The van der Waals surface area contributed by atoms with Crippen molar-refractivity contribution in [2.24, 2.45) is 0 Å². The van der Waals surface area contributed by atoms with Crippen LogP contribution in [0.4, 0.5) is 0 Å². The lowest BCUT2D eigenvalue weighted by Crippen LogP contribution is -2.03. The van der Waals surface area contributed by atoms with Gasteiger partial charge in [0.15, 0.2) is 5.65 Å². The molecule has 0 fully saturated rings. The molecule has 8 rings (SSSR count). The lowest BCUT2D eigenvalue weighted by atomic mass is 9.97. The maximum Gasteiger partial charge on any atom is 0.159 e. The molecule has 8 aromatic rings. The SMILES string of the molecule is Br.Br.Br.Br.c1ccc(CCCCOc2cc(OCCCCc3ccccn3)cc(-c3cc4cccnc4nc3-c3cc(OCCCCc4ccccn4)cc(OCCCCc4ccccn4)c3)c2)nc1. The third kappa shape index (κ3) is 18.5. The lowest BCUT2D eigenvalue weighted by molar-refractivity contribution is 0.291. The number of ether oxygens (including phenoxy) is 4. The number of pyridine rings is 6. The molecule has 6 aromatic heterocycles. The molecule has 0 saturated heterocycles. The maximum absolute atomic E-state index is 6.50. The van der Waals surface area contributed by atoms with E-state index < -0.39 is 0 Å². The van der Waals surface area contributed by atoms with Crippen LogP contribution < -0.4 is 18.9 Å². The highest BCUT2D eigenvalue weighted by Crippen LogP contribution is 2.39. The molecule has 10 nitrogen and oxygen atoms in total. The van der Waals surface area contributed by atoms with Gasteiger partial charge in [0.25, 0.3) is 0 Å². The average molecular weight is 1200 g/mol. The predicted molar refractivity (Wildman–Crippen MR) is 302 cm³/mol. The number of fused-ring (bicyclic) bond motifs is 1. The van der Waals surface area contributed by atoms with E-state index in [1.54, 1.807) is 6.20 Å². The minimum atomic E-state index is 0. The molecule has 0 N–H and O–H groups in total. The van der Waals surface area contributed by atoms with Crippen LogP contribution in [0.1, 0.15) is 74.1 Å². The number of unbranched alkanes of at least 4 members (excludes halogenated alkanes) is 4. The number of benzene rings is 2. The van der Waals surface area contributed by atoms with Crippen molar-refractivity contribution in [2.45, 2.75) is 77.0 Å². The Balaban J connectivity index is 0.00000266. The van der Waals surface area contributed by atoms with Gasteiger partial charge in [-0.3, -0.25) is 19.9 Å². The van der Waals surface area contributed by atoms with Crippen molar-refractivity contribution in [3.8, 4) is 45.4 Å². The molecular weight excluding hydrogens is 1140 g/mol. The standard InChI is InChI=1S/C56H58N6O4.4BrH/c1-9-27-57-46(19-1)23-5-13-32-63-50-36-44(37-51(41-50)64-33-14-6-24-47-20-2-10-28-58-47)54-40-43-18-17-31-61-56(43)62-55(54)45-38-52(65-34-15-7-25-48-21-3-11-29-59-48)42-53(39-45)66-35-16-8-26-49-22-4-12-30-60-49;;;;/h1-4,9-12,17-22,27-31,36-42H,5-8,13-16,23-26,32-35H2;4*1H. The highest BCUT2D eigenvalue weighted by molar-refractivity contribution is 8.93. The number of hydrogen-bond donors (Lipinski definition) is 0. The van der Waals surface area contributed by atoms with Gasteiger partial charge in [0, 0.05) is 82.4 Å². The van der Waals surface area contributed by atoms with Crippen LogP contribution in [0.3, 0.4) is 0 Å². The van der Waals surface area contributed by atoms with Crippen LogP contribution in [-0.2, 0) is 25.7 Å². The molecule has 0 aliphatic carbocycles. The van der Waals surface area contributed by atoms with Crippen molar-refractivity contribution in [3.63, 3.8) is 0 Å². The van der Waals surface area contributed by atoms with Gasteiger partial charge < -0.3 is 18.9 Å². The van der Waals surface area contributed by atoms with Crippen LogP contribution in [0.2, 0.25) is 0 Å². The second-order valence-electron chi connectivity index (χ2n) is 16.3. The summed E-state index contributed by atoms with van der Waals surface area (Å²) in [6.07, 6.45) is 20.2. The topological polar surface area (TPSA) is 114 Å². The zero-order valence-electron chi connectivity index (χ0n) is 39.3. The van der Waals surface area contributed by atoms with E-state index in [2.05, 4.69) is 79.5 Å². The predicted octanol–water partition coefficient (Wildman–Crippen LogP) is 14.5. The summed E-state index contributed by atoms with van der Waals surface area (Å²) in [5.74, 6) is 2.92. The van der Waals surface area contributed by atoms with Gasteiger partial charge in [-0.1, -0.05) is 24.3 Å². The minimum Gasteiger partial charge on any atom is -0.493 e. The fourth-order valence-electron chi connectivity index (χ4n) is 7.79. The van der Waals surface area contributed by atoms with E-state index in [-0.39, 0.29) is 67.9 Å². The Hall–Kier alpha value is -5.28. The molecule has 0 bridgehead atoms. The second-order valence-corrected chi connectivity index (χ2v) is 16.3. The van der Waals surface area contributed by atoms with Gasteiger partial charge in [-0.05, 0) is 174 Å². The van der Waals surface area contributed by atoms with Crippen LogP contribution in [0.5, 0.6) is 23.0 Å². The Bertz CT molecular complexity index is 2370. The lowest BCUT2D eigenvalue weighted by Gasteiger charge is -2.17. The zero-order chi connectivity index (χ0) is 44.9. The van der Waals surface area contributed by atoms with Crippen molar-refractivity contribution < 1.29 is 18.9 Å². The molecule has 0 aliphatic rings. The zero-order valence-corrected chi connectivity index (χ0v) is 46.1. The largest absolute Gasteiger partial charge is 0.493 e. The summed E-state index contributed by atoms with van der Waals surface area (Å²) in [6.45, 7) is 2.25. The Kier molecular flexibility index (Phi) is 26.1. The molecule has 0 atom stereocenters. The number of hydrogen-bond acceptors (Lipinski definition) is 10. The quantitative estimate of drug-likeness (QED) is 0.0486. The molecule has 0 radical (unpaired) electrons. The first-order valence-electron chi connectivity index (χ1n) is 23.4. The molecule has 0 aliphatic heterocycles. The van der Waals surface area contributed by atoms with E-state index in [1.807, 2.05) is 97.6 Å². The molecule has 0 saturated carbocycles. The fraction of sp³-hybridized carbons (Fsp3) is 0.286. The first-order valence-corrected chi connectivity index (χ1v) is 23.4. The summed E-state index contributed by atoms with van der Waals surface area (Å²) >= 11 is 0. The molecule has 2 aromatic carbocycles. The Labute approximate surface area is 454 Å². The smallest absolute Gasteiger partial charge is 0.159 e. The minimum absolute atomic E-state index is 0. The van der Waals surface area contributed by atoms with Gasteiger partial charge in [-0.25, -0.2) is 9.97 Å². The highest BCUT2D eigenvalue weighted by atomic mass is 79.9. The van der Waals surface area contributed by atoms with Gasteiger partial charge in [0.05, 0.1) is 32.1 Å². The average Bonchev–Trinajstić information content (AvgIpc) is 3.37. The summed E-state index contributed by atoms with van der Waals surface area (Å²) < 4.78 is 26.0. The van der Waals surface area contributed by atoms with Crippen LogP contribution in [0, 0.1) is 0 Å². The summed E-state index contributed by atoms with van der Waals surface area (Å²) in [5.41, 5.74) is 8.48. The van der Waals surface area contributed by atoms with Crippen LogP contribution in [0.15, 0.2) is 158 Å². The van der Waals surface area contributed by atoms with Crippen molar-refractivity contribution in [1.29, 1.82) is 0 Å². The van der Waals surface area contributed by atoms with Gasteiger partial charge in [-0.2, -0.15) is 0 Å². The molecule has 6 heterocycles. The monoisotopic (exact) mass is 1200 g/mol. The van der Waals surface area contributed by atoms with E-state index in [1.165, 1.54) is 0 Å². The van der Waals surface area contributed by atoms with Gasteiger partial charge in [0.2, 0.25) is 0 Å². The Morgan fingerprint density at radius 2 is 0.686 bits per heavy atom. The van der Waals surface area contributed by atoms with Crippen LogP contribution >= 0.6 is 67.9 Å². The molecule has 14 heteroatoms. The fourth-order valence-corrected chi connectivity index (χ4v) is 7.79. The first-order chi connectivity index (χ1) is 32.7. The van der Waals surface area contributed by atoms with Crippen molar-refractivity contribution in [2.75, 3.05) is 26.4 Å². The van der Waals surface area contributed by atoms with Gasteiger partial charge in [-0.15, -0.1) is 67.9 Å². The summed E-state index contributed by atoms with van der Waals surface area (Å²) in [7, 11) is 0. The van der Waals surface area contributed by atoms with E-state index in [4.69, 9.17) is 23.9 Å². The molecule has 70 heavy (non-hydrogen) atoms. The molecule has 0 amide bonds. The van der Waals surface area contributed by atoms with E-state index >= 15 is 0 Å². The molecule has 368 valence electrons. The van der Waals surface area contributed by atoms with E-state index in [0.29, 0.717) is 32.1 Å². The van der Waals surface area contributed by atoms with Gasteiger partial charge in [0.1, 0.15) is 23.0 Å². The van der Waals surface area contributed by atoms with Crippen molar-refractivity contribution in [1.82, 2.24) is 29.9 Å². The third-order valence-electron chi connectivity index (χ3n) is 11.2. The number of halogens is 4. The first kappa shape index (κ1) is 57.3. The summed E-state index contributed by atoms with van der Waals surface area (Å²) in [6, 6.07) is 42.7. The second kappa shape index (κ2) is 31.8. The van der Waals surface area contributed by atoms with Crippen LogP contribution in [-0.4, -0.2) is 56.3 Å². The van der Waals surface area contributed by atoms with Crippen LogP contribution in [0.25, 0.3) is 33.4 Å². The summed E-state index contributed by atoms with van der Waals surface area (Å²) in [4.78, 5) is 27.9. The van der Waals surface area contributed by atoms with Crippen molar-refractivity contribution in [3.05, 3.63) is 181 Å². The Morgan fingerprint density at radius 1 is 0.329 bits per heavy atom. The van der Waals surface area contributed by atoms with Gasteiger partial charge >= 0.3 is 0 Å². The molecular formula is C56H62Br4N6O4. The highest BCUT2D eigenvalue weighted by Gasteiger charge is 2.17. The third-order valence-corrected chi connectivity index (χ3v) is 11.2. The summed E-state index contributed by atoms with van der Waals surface area (Å²) in [5, 5.41) is 0.929. The molecule has 0 unspecified atom stereocenters.